The molecule has 3 aromatic carbocycles. The average Bonchev–Trinajstić information content (AvgIpc) is 3.01. The second-order valence-corrected chi connectivity index (χ2v) is 10.5. The van der Waals surface area contributed by atoms with Gasteiger partial charge in [0.25, 0.3) is 0 Å². The Morgan fingerprint density at radius 1 is 0.978 bits per heavy atom. The summed E-state index contributed by atoms with van der Waals surface area (Å²) in [5.74, 6) is -2.93. The summed E-state index contributed by atoms with van der Waals surface area (Å²) in [6.45, 7) is -1.32. The van der Waals surface area contributed by atoms with Crippen molar-refractivity contribution in [3.8, 4) is 0 Å². The summed E-state index contributed by atoms with van der Waals surface area (Å²) in [5.41, 5.74) is 7.88. The molecule has 4 rings (SSSR count). The van der Waals surface area contributed by atoms with E-state index < -0.39 is 60.2 Å². The molecule has 1 heterocycles. The lowest BCUT2D eigenvalue weighted by Gasteiger charge is -2.30. The van der Waals surface area contributed by atoms with Crippen LogP contribution in [0.15, 0.2) is 66.7 Å². The van der Waals surface area contributed by atoms with Crippen molar-refractivity contribution < 1.29 is 45.4 Å². The van der Waals surface area contributed by atoms with E-state index >= 15 is 0 Å². The molecule has 1 saturated heterocycles. The average molecular weight is 639 g/mol. The molecule has 2 amide bonds. The number of carbonyl (C=O) groups is 2. The molecule has 0 radical (unpaired) electrons. The second kappa shape index (κ2) is 15.2. The quantitative estimate of drug-likeness (QED) is 0.225. The number of hydrogen-bond donors (Lipinski definition) is 4. The van der Waals surface area contributed by atoms with Crippen molar-refractivity contribution in [1.29, 1.82) is 0 Å². The van der Waals surface area contributed by atoms with Crippen LogP contribution in [0.25, 0.3) is 0 Å². The number of ether oxygens (including phenoxy) is 2. The molecule has 5 N–H and O–H groups in total. The maximum Gasteiger partial charge on any atom is 0.407 e. The van der Waals surface area contributed by atoms with Gasteiger partial charge in [-0.25, -0.2) is 18.0 Å². The molecule has 2 unspecified atom stereocenters. The van der Waals surface area contributed by atoms with Gasteiger partial charge in [0.2, 0.25) is 5.91 Å². The molecule has 0 aliphatic carbocycles. The molecular formula is C31H32F6N4O4. The highest BCUT2D eigenvalue weighted by Crippen LogP contribution is 2.30. The number of rotatable bonds is 11. The Kier molecular flexibility index (Phi) is 11.4. The smallest absolute Gasteiger partial charge is 0.407 e. The minimum Gasteiger partial charge on any atom is -0.448 e. The number of nitrogens with one attached hydrogen (secondary N) is 3. The van der Waals surface area contributed by atoms with E-state index in [9.17, 15) is 35.9 Å². The number of morpholine rings is 1. The Hall–Kier alpha value is -4.14. The van der Waals surface area contributed by atoms with Gasteiger partial charge in [0.15, 0.2) is 0 Å². The molecule has 8 nitrogen and oxygen atoms in total. The molecule has 45 heavy (non-hydrogen) atoms. The molecule has 1 aliphatic heterocycles. The molecule has 0 saturated carbocycles. The third-order valence-corrected chi connectivity index (χ3v) is 7.23. The van der Waals surface area contributed by atoms with Crippen LogP contribution in [0.1, 0.15) is 29.0 Å². The Bertz CT molecular complexity index is 1390. The first kappa shape index (κ1) is 33.7. The van der Waals surface area contributed by atoms with Crippen molar-refractivity contribution in [1.82, 2.24) is 10.6 Å². The highest BCUT2D eigenvalue weighted by atomic mass is 19.4. The molecule has 3 aromatic rings. The molecule has 242 valence electrons. The molecule has 0 bridgehead atoms. The maximum absolute atomic E-state index is 15.0. The maximum atomic E-state index is 15.0. The molecular weight excluding hydrogens is 606 g/mol. The number of benzene rings is 3. The zero-order valence-corrected chi connectivity index (χ0v) is 23.9. The summed E-state index contributed by atoms with van der Waals surface area (Å²) in [7, 11) is 0. The summed E-state index contributed by atoms with van der Waals surface area (Å²) in [6, 6.07) is 13.4. The van der Waals surface area contributed by atoms with E-state index in [0.29, 0.717) is 24.1 Å². The molecule has 14 heteroatoms. The fraction of sp³-hybridized carbons (Fsp3) is 0.355. The van der Waals surface area contributed by atoms with E-state index in [1.54, 1.807) is 5.32 Å². The number of halogens is 6. The van der Waals surface area contributed by atoms with Crippen LogP contribution in [0.5, 0.6) is 0 Å². The molecule has 1 fully saturated rings. The topological polar surface area (TPSA) is 115 Å². The van der Waals surface area contributed by atoms with Crippen LogP contribution in [0.2, 0.25) is 0 Å². The Morgan fingerprint density at radius 2 is 1.60 bits per heavy atom. The fourth-order valence-electron chi connectivity index (χ4n) is 4.91. The largest absolute Gasteiger partial charge is 0.448 e. The van der Waals surface area contributed by atoms with Crippen LogP contribution >= 0.6 is 0 Å². The summed E-state index contributed by atoms with van der Waals surface area (Å²) in [4.78, 5) is 24.8. The van der Waals surface area contributed by atoms with Crippen LogP contribution < -0.4 is 21.7 Å². The van der Waals surface area contributed by atoms with Crippen molar-refractivity contribution in [2.75, 3.05) is 31.6 Å². The lowest BCUT2D eigenvalue weighted by atomic mass is 9.85. The van der Waals surface area contributed by atoms with E-state index in [1.807, 2.05) is 0 Å². The van der Waals surface area contributed by atoms with Crippen molar-refractivity contribution in [2.24, 2.45) is 5.73 Å². The van der Waals surface area contributed by atoms with Crippen molar-refractivity contribution in [3.05, 3.63) is 101 Å². The van der Waals surface area contributed by atoms with Gasteiger partial charge >= 0.3 is 12.3 Å². The van der Waals surface area contributed by atoms with Crippen molar-refractivity contribution in [2.45, 2.75) is 43.1 Å². The second-order valence-electron chi connectivity index (χ2n) is 10.5. The number of nitrogens with two attached hydrogens (primary N) is 1. The highest BCUT2D eigenvalue weighted by molar-refractivity contribution is 5.96. The van der Waals surface area contributed by atoms with Gasteiger partial charge in [-0.15, -0.1) is 0 Å². The highest BCUT2D eigenvalue weighted by Gasteiger charge is 2.30. The first-order valence-corrected chi connectivity index (χ1v) is 14.1. The lowest BCUT2D eigenvalue weighted by Crippen LogP contribution is -2.49. The van der Waals surface area contributed by atoms with Crippen molar-refractivity contribution in [3.63, 3.8) is 0 Å². The minimum absolute atomic E-state index is 0.0983. The normalized spacial score (nSPS) is 17.5. The third-order valence-electron chi connectivity index (χ3n) is 7.23. The van der Waals surface area contributed by atoms with Crippen LogP contribution in [-0.2, 0) is 20.7 Å². The van der Waals surface area contributed by atoms with E-state index in [1.165, 1.54) is 66.7 Å². The predicted octanol–water partition coefficient (Wildman–Crippen LogP) is 4.78. The Balaban J connectivity index is 1.35. The van der Waals surface area contributed by atoms with Crippen LogP contribution in [0, 0.1) is 17.5 Å². The van der Waals surface area contributed by atoms with Crippen LogP contribution in [0.4, 0.5) is 36.8 Å². The van der Waals surface area contributed by atoms with E-state index in [-0.39, 0.29) is 37.0 Å². The van der Waals surface area contributed by atoms with E-state index in [2.05, 4.69) is 10.6 Å². The Morgan fingerprint density at radius 3 is 2.16 bits per heavy atom. The van der Waals surface area contributed by atoms with E-state index in [4.69, 9.17) is 15.2 Å². The van der Waals surface area contributed by atoms with Crippen molar-refractivity contribution >= 4 is 17.7 Å². The number of alkyl halides is 3. The molecule has 0 aromatic heterocycles. The standard InChI is InChI=1S/C31H32F6N4O4/c32-20-8-4-18(5-9-20)27(19-6-10-21(33)11-7-19)28(38)29(42)41-26-3-1-2-25(34)24(26)13-12-23-14-39-22(15-44-23)16-45-30(43)40-17-31(35,36)37/h1-11,22-23,27-28,39H,12-17,38H2,(H,40,43)(H,41,42)/t22?,23?,28-/m0/s1. The number of amides is 2. The summed E-state index contributed by atoms with van der Waals surface area (Å²) >= 11 is 0. The van der Waals surface area contributed by atoms with Gasteiger partial charge in [-0.1, -0.05) is 30.3 Å². The molecule has 3 atom stereocenters. The number of alkyl carbamates (subject to hydrolysis) is 1. The first-order chi connectivity index (χ1) is 21.4. The van der Waals surface area contributed by atoms with Crippen LogP contribution in [-0.4, -0.2) is 62.7 Å². The molecule has 0 spiro atoms. The van der Waals surface area contributed by atoms with Gasteiger partial charge in [0, 0.05) is 23.7 Å². The number of anilines is 1. The monoisotopic (exact) mass is 638 g/mol. The SMILES string of the molecule is N[C@H](C(=O)Nc1cccc(F)c1CCC1CNC(COC(=O)NCC(F)(F)F)CO1)C(c1ccc(F)cc1)c1ccc(F)cc1. The number of hydrogen-bond acceptors (Lipinski definition) is 6. The zero-order valence-electron chi connectivity index (χ0n) is 23.9. The molecule has 1 aliphatic rings. The van der Waals surface area contributed by atoms with Gasteiger partial charge in [-0.2, -0.15) is 13.2 Å². The lowest BCUT2D eigenvalue weighted by molar-refractivity contribution is -0.124. The minimum atomic E-state index is -4.55. The fourth-order valence-corrected chi connectivity index (χ4v) is 4.91. The first-order valence-electron chi connectivity index (χ1n) is 14.1. The summed E-state index contributed by atoms with van der Waals surface area (Å²) in [5, 5.41) is 7.39. The number of carbonyl (C=O) groups excluding carboxylic acids is 2. The van der Waals surface area contributed by atoms with Gasteiger partial charge in [-0.05, 0) is 60.4 Å². The predicted molar refractivity (Wildman–Crippen MR) is 153 cm³/mol. The Labute approximate surface area is 255 Å². The van der Waals surface area contributed by atoms with Gasteiger partial charge < -0.3 is 31.2 Å². The summed E-state index contributed by atoms with van der Waals surface area (Å²) < 4.78 is 89.4. The van der Waals surface area contributed by atoms with E-state index in [0.717, 1.165) is 0 Å². The van der Waals surface area contributed by atoms with Gasteiger partial charge in [0.1, 0.15) is 30.6 Å². The van der Waals surface area contributed by atoms with Gasteiger partial charge in [0.05, 0.1) is 24.8 Å². The van der Waals surface area contributed by atoms with Gasteiger partial charge in [-0.3, -0.25) is 4.79 Å². The zero-order chi connectivity index (χ0) is 32.6. The third kappa shape index (κ3) is 9.93. The summed E-state index contributed by atoms with van der Waals surface area (Å²) in [6.07, 6.45) is -5.61. The van der Waals surface area contributed by atoms with Crippen LogP contribution in [0.3, 0.4) is 0 Å².